The average Bonchev–Trinajstić information content (AvgIpc) is 2.62. The van der Waals surface area contributed by atoms with Crippen LogP contribution in [0, 0.1) is 5.92 Å². The summed E-state index contributed by atoms with van der Waals surface area (Å²) in [5.74, 6) is 1.31. The van der Waals surface area contributed by atoms with E-state index in [4.69, 9.17) is 0 Å². The number of hydrogen-bond donors (Lipinski definition) is 2. The second-order valence-corrected chi connectivity index (χ2v) is 6.79. The van der Waals surface area contributed by atoms with Crippen LogP contribution < -0.4 is 15.5 Å². The van der Waals surface area contributed by atoms with Crippen molar-refractivity contribution >= 4 is 29.0 Å². The Balaban J connectivity index is 1.64. The van der Waals surface area contributed by atoms with Crippen molar-refractivity contribution in [3.05, 3.63) is 48.2 Å². The highest BCUT2D eigenvalue weighted by Crippen LogP contribution is 2.22. The van der Waals surface area contributed by atoms with Crippen LogP contribution in [-0.2, 0) is 4.79 Å². The number of carbonyl (C=O) groups is 2. The zero-order chi connectivity index (χ0) is 18.5. The van der Waals surface area contributed by atoms with Crippen molar-refractivity contribution < 1.29 is 9.59 Å². The number of aromatic nitrogens is 1. The van der Waals surface area contributed by atoms with E-state index >= 15 is 0 Å². The van der Waals surface area contributed by atoms with Gasteiger partial charge in [-0.05, 0) is 49.1 Å². The summed E-state index contributed by atoms with van der Waals surface area (Å²) >= 11 is 0. The SMILES string of the molecule is CC(=O)Nc1cccc(NC(=O)c2ccc(N3CCC(C)CC3)nc2)c1. The van der Waals surface area contributed by atoms with E-state index in [0.29, 0.717) is 16.9 Å². The molecule has 0 spiro atoms. The quantitative estimate of drug-likeness (QED) is 0.883. The molecule has 3 rings (SSSR count). The number of nitrogens with one attached hydrogen (secondary N) is 2. The number of piperidine rings is 1. The predicted molar refractivity (Wildman–Crippen MR) is 104 cm³/mol. The molecule has 2 aromatic rings. The molecule has 1 aromatic carbocycles. The van der Waals surface area contributed by atoms with Gasteiger partial charge in [-0.1, -0.05) is 13.0 Å². The van der Waals surface area contributed by atoms with Gasteiger partial charge in [-0.25, -0.2) is 4.98 Å². The van der Waals surface area contributed by atoms with Crippen LogP contribution >= 0.6 is 0 Å². The fraction of sp³-hybridized carbons (Fsp3) is 0.350. The Morgan fingerprint density at radius 3 is 2.38 bits per heavy atom. The molecule has 0 radical (unpaired) electrons. The summed E-state index contributed by atoms with van der Waals surface area (Å²) in [5, 5.41) is 5.53. The zero-order valence-corrected chi connectivity index (χ0v) is 15.2. The largest absolute Gasteiger partial charge is 0.357 e. The van der Waals surface area contributed by atoms with Crippen LogP contribution in [-0.4, -0.2) is 29.9 Å². The number of benzene rings is 1. The molecular formula is C20H24N4O2. The summed E-state index contributed by atoms with van der Waals surface area (Å²) < 4.78 is 0. The second-order valence-electron chi connectivity index (χ2n) is 6.79. The van der Waals surface area contributed by atoms with Gasteiger partial charge in [-0.15, -0.1) is 0 Å². The van der Waals surface area contributed by atoms with E-state index in [1.165, 1.54) is 19.8 Å². The molecule has 0 aliphatic carbocycles. The maximum Gasteiger partial charge on any atom is 0.257 e. The summed E-state index contributed by atoms with van der Waals surface area (Å²) in [6, 6.07) is 10.7. The molecule has 0 atom stereocenters. The van der Waals surface area contributed by atoms with Crippen LogP contribution in [0.2, 0.25) is 0 Å². The molecule has 1 aromatic heterocycles. The second kappa shape index (κ2) is 7.99. The van der Waals surface area contributed by atoms with Gasteiger partial charge in [0.05, 0.1) is 5.56 Å². The number of pyridine rings is 1. The first-order valence-electron chi connectivity index (χ1n) is 8.91. The highest BCUT2D eigenvalue weighted by molar-refractivity contribution is 6.04. The van der Waals surface area contributed by atoms with Crippen molar-refractivity contribution in [2.45, 2.75) is 26.7 Å². The molecule has 2 heterocycles. The topological polar surface area (TPSA) is 74.3 Å². The lowest BCUT2D eigenvalue weighted by Gasteiger charge is -2.31. The van der Waals surface area contributed by atoms with E-state index in [2.05, 4.69) is 27.4 Å². The molecule has 136 valence electrons. The van der Waals surface area contributed by atoms with Gasteiger partial charge in [0.1, 0.15) is 5.82 Å². The molecule has 1 saturated heterocycles. The van der Waals surface area contributed by atoms with E-state index in [1.807, 2.05) is 6.07 Å². The van der Waals surface area contributed by atoms with Crippen LogP contribution in [0.3, 0.4) is 0 Å². The van der Waals surface area contributed by atoms with Gasteiger partial charge < -0.3 is 15.5 Å². The average molecular weight is 352 g/mol. The first kappa shape index (κ1) is 17.9. The number of anilines is 3. The van der Waals surface area contributed by atoms with Gasteiger partial charge in [-0.2, -0.15) is 0 Å². The first-order chi connectivity index (χ1) is 12.5. The minimum Gasteiger partial charge on any atom is -0.357 e. The van der Waals surface area contributed by atoms with E-state index in [0.717, 1.165) is 24.8 Å². The zero-order valence-electron chi connectivity index (χ0n) is 15.2. The molecule has 6 nitrogen and oxygen atoms in total. The van der Waals surface area contributed by atoms with Crippen molar-refractivity contribution in [1.29, 1.82) is 0 Å². The molecule has 2 N–H and O–H groups in total. The first-order valence-corrected chi connectivity index (χ1v) is 8.91. The smallest absolute Gasteiger partial charge is 0.257 e. The van der Waals surface area contributed by atoms with Crippen molar-refractivity contribution in [2.24, 2.45) is 5.92 Å². The lowest BCUT2D eigenvalue weighted by Crippen LogP contribution is -2.33. The Kier molecular flexibility index (Phi) is 5.51. The Morgan fingerprint density at radius 2 is 1.77 bits per heavy atom. The van der Waals surface area contributed by atoms with Crippen LogP contribution in [0.15, 0.2) is 42.6 Å². The number of carbonyl (C=O) groups excluding carboxylic acids is 2. The predicted octanol–water partition coefficient (Wildman–Crippen LogP) is 3.53. The molecular weight excluding hydrogens is 328 g/mol. The molecule has 0 bridgehead atoms. The molecule has 0 unspecified atom stereocenters. The third kappa shape index (κ3) is 4.59. The van der Waals surface area contributed by atoms with E-state index in [9.17, 15) is 9.59 Å². The minimum atomic E-state index is -0.226. The van der Waals surface area contributed by atoms with E-state index in [1.54, 1.807) is 36.5 Å². The van der Waals surface area contributed by atoms with Crippen molar-refractivity contribution in [3.63, 3.8) is 0 Å². The molecule has 26 heavy (non-hydrogen) atoms. The molecule has 2 amide bonds. The molecule has 1 fully saturated rings. The van der Waals surface area contributed by atoms with Crippen LogP contribution in [0.5, 0.6) is 0 Å². The molecule has 1 aliphatic heterocycles. The van der Waals surface area contributed by atoms with Crippen LogP contribution in [0.25, 0.3) is 0 Å². The third-order valence-electron chi connectivity index (χ3n) is 4.56. The number of amides is 2. The maximum atomic E-state index is 12.4. The molecule has 6 heteroatoms. The van der Waals surface area contributed by atoms with E-state index in [-0.39, 0.29) is 11.8 Å². The number of hydrogen-bond acceptors (Lipinski definition) is 4. The lowest BCUT2D eigenvalue weighted by molar-refractivity contribution is -0.114. The standard InChI is InChI=1S/C20H24N4O2/c1-14-8-10-24(11-9-14)19-7-6-16(13-21-19)20(26)23-18-5-3-4-17(12-18)22-15(2)25/h3-7,12-14H,8-11H2,1-2H3,(H,22,25)(H,23,26). The summed E-state index contributed by atoms with van der Waals surface area (Å²) in [4.78, 5) is 30.3. The molecule has 1 aliphatic rings. The summed E-state index contributed by atoms with van der Waals surface area (Å²) in [6.07, 6.45) is 3.96. The Labute approximate surface area is 153 Å². The Bertz CT molecular complexity index is 781. The van der Waals surface area contributed by atoms with E-state index < -0.39 is 0 Å². The third-order valence-corrected chi connectivity index (χ3v) is 4.56. The fourth-order valence-electron chi connectivity index (χ4n) is 3.03. The highest BCUT2D eigenvalue weighted by Gasteiger charge is 2.17. The van der Waals surface area contributed by atoms with Gasteiger partial charge in [0.15, 0.2) is 0 Å². The van der Waals surface area contributed by atoms with Gasteiger partial charge in [0.2, 0.25) is 5.91 Å². The van der Waals surface area contributed by atoms with Gasteiger partial charge in [0.25, 0.3) is 5.91 Å². The van der Waals surface area contributed by atoms with Gasteiger partial charge >= 0.3 is 0 Å². The van der Waals surface area contributed by atoms with Crippen LogP contribution in [0.4, 0.5) is 17.2 Å². The summed E-state index contributed by atoms with van der Waals surface area (Å²) in [7, 11) is 0. The Morgan fingerprint density at radius 1 is 1.08 bits per heavy atom. The van der Waals surface area contributed by atoms with Crippen molar-refractivity contribution in [3.8, 4) is 0 Å². The number of nitrogens with zero attached hydrogens (tertiary/aromatic N) is 2. The van der Waals surface area contributed by atoms with Crippen LogP contribution in [0.1, 0.15) is 37.0 Å². The monoisotopic (exact) mass is 352 g/mol. The summed E-state index contributed by atoms with van der Waals surface area (Å²) in [6.45, 7) is 5.74. The lowest BCUT2D eigenvalue weighted by atomic mass is 9.99. The molecule has 0 saturated carbocycles. The fourth-order valence-corrected chi connectivity index (χ4v) is 3.03. The van der Waals surface area contributed by atoms with Gasteiger partial charge in [0, 0.05) is 37.6 Å². The van der Waals surface area contributed by atoms with Gasteiger partial charge in [-0.3, -0.25) is 9.59 Å². The highest BCUT2D eigenvalue weighted by atomic mass is 16.2. The maximum absolute atomic E-state index is 12.4. The number of rotatable bonds is 4. The normalized spacial score (nSPS) is 14.8. The Hall–Kier alpha value is -2.89. The van der Waals surface area contributed by atoms with Crippen molar-refractivity contribution in [1.82, 2.24) is 4.98 Å². The summed E-state index contributed by atoms with van der Waals surface area (Å²) in [5.41, 5.74) is 1.77. The van der Waals surface area contributed by atoms with Crippen molar-refractivity contribution in [2.75, 3.05) is 28.6 Å². The minimum absolute atomic E-state index is 0.152.